The SMILES string of the molecule is CC1(C)C[C@](CCNC(=O)CCC(=O)OCC(=O)[C@@]2(O)CC[C@@H]3[C@@H]4CCC5=CC(=O)CC[C@]5(C)[C@H]4[C@@H](O)C[C@@]32C)(c2ccccc2)CCO1. The molecule has 8 atom stereocenters. The minimum atomic E-state index is -1.71. The number of hydrogen-bond acceptors (Lipinski definition) is 8. The molecule has 0 radical (unpaired) electrons. The molecule has 49 heavy (non-hydrogen) atoms. The van der Waals surface area contributed by atoms with Crippen LogP contribution in [0.5, 0.6) is 0 Å². The maximum absolute atomic E-state index is 13.6. The van der Waals surface area contributed by atoms with E-state index in [-0.39, 0.29) is 71.6 Å². The molecule has 4 aliphatic carbocycles. The Morgan fingerprint density at radius 3 is 2.49 bits per heavy atom. The van der Waals surface area contributed by atoms with Crippen LogP contribution < -0.4 is 5.32 Å². The second-order valence-corrected chi connectivity index (χ2v) is 16.8. The third kappa shape index (κ3) is 6.56. The van der Waals surface area contributed by atoms with E-state index in [1.165, 1.54) is 5.56 Å². The number of amides is 1. The normalized spacial score (nSPS) is 38.0. The molecule has 1 aromatic rings. The van der Waals surface area contributed by atoms with Gasteiger partial charge in [-0.1, -0.05) is 49.8 Å². The third-order valence-electron chi connectivity index (χ3n) is 13.6. The number of carbonyl (C=O) groups excluding carboxylic acids is 4. The van der Waals surface area contributed by atoms with Gasteiger partial charge in [0.1, 0.15) is 5.60 Å². The Morgan fingerprint density at radius 2 is 1.76 bits per heavy atom. The van der Waals surface area contributed by atoms with Gasteiger partial charge in [0.15, 0.2) is 12.4 Å². The van der Waals surface area contributed by atoms with E-state index in [1.54, 1.807) is 6.08 Å². The van der Waals surface area contributed by atoms with Gasteiger partial charge < -0.3 is 25.0 Å². The molecule has 0 bridgehead atoms. The number of esters is 1. The first-order valence-corrected chi connectivity index (χ1v) is 18.4. The van der Waals surface area contributed by atoms with Crippen LogP contribution in [0.1, 0.15) is 110 Å². The van der Waals surface area contributed by atoms with Crippen molar-refractivity contribution in [3.63, 3.8) is 0 Å². The van der Waals surface area contributed by atoms with Crippen LogP contribution in [0.15, 0.2) is 42.0 Å². The van der Waals surface area contributed by atoms with E-state index in [4.69, 9.17) is 9.47 Å². The van der Waals surface area contributed by atoms with Gasteiger partial charge in [-0.3, -0.25) is 19.2 Å². The lowest BCUT2D eigenvalue weighted by Crippen LogP contribution is -2.62. The molecule has 5 aliphatic rings. The van der Waals surface area contributed by atoms with Crippen molar-refractivity contribution in [3.05, 3.63) is 47.5 Å². The van der Waals surface area contributed by atoms with Crippen molar-refractivity contribution in [1.29, 1.82) is 0 Å². The van der Waals surface area contributed by atoms with Crippen LogP contribution in [0, 0.1) is 28.6 Å². The van der Waals surface area contributed by atoms with Gasteiger partial charge >= 0.3 is 5.97 Å². The number of ether oxygens (including phenoxy) is 2. The zero-order chi connectivity index (χ0) is 35.2. The van der Waals surface area contributed by atoms with Crippen LogP contribution in [0.4, 0.5) is 0 Å². The summed E-state index contributed by atoms with van der Waals surface area (Å²) in [6.45, 7) is 8.84. The molecule has 1 aliphatic heterocycles. The van der Waals surface area contributed by atoms with Crippen molar-refractivity contribution in [3.8, 4) is 0 Å². The predicted octanol–water partition coefficient (Wildman–Crippen LogP) is 5.15. The standard InChI is InChI=1S/C40H55NO8/c1-36(2)25-39(19-21-49-36,26-8-6-5-7-9-26)18-20-41-33(45)12-13-34(46)48-24-32(44)40(47)17-15-30-29-11-10-27-22-28(42)14-16-37(27,3)35(29)31(43)23-38(30,40)4/h5-9,22,29-31,35,43,47H,10-21,23-25H2,1-4H3,(H,41,45)/t29-,30+,31-,35+,37-,38-,39+,40-/m0/s1. The van der Waals surface area contributed by atoms with Gasteiger partial charge in [0.25, 0.3) is 0 Å². The Kier molecular flexibility index (Phi) is 9.79. The van der Waals surface area contributed by atoms with Crippen molar-refractivity contribution in [2.75, 3.05) is 19.8 Å². The molecule has 4 fully saturated rings. The van der Waals surface area contributed by atoms with E-state index in [9.17, 15) is 29.4 Å². The highest BCUT2D eigenvalue weighted by molar-refractivity contribution is 5.92. The smallest absolute Gasteiger partial charge is 0.306 e. The molecule has 1 amide bonds. The quantitative estimate of drug-likeness (QED) is 0.289. The number of allylic oxidation sites excluding steroid dienone is 1. The van der Waals surface area contributed by atoms with E-state index < -0.39 is 35.5 Å². The maximum atomic E-state index is 13.6. The molecule has 268 valence electrons. The Hall–Kier alpha value is -2.88. The average Bonchev–Trinajstić information content (AvgIpc) is 3.33. The van der Waals surface area contributed by atoms with Crippen LogP contribution in [0.3, 0.4) is 0 Å². The van der Waals surface area contributed by atoms with Gasteiger partial charge in [0.2, 0.25) is 11.7 Å². The van der Waals surface area contributed by atoms with E-state index >= 15 is 0 Å². The van der Waals surface area contributed by atoms with Crippen molar-refractivity contribution >= 4 is 23.4 Å². The van der Waals surface area contributed by atoms with E-state index in [2.05, 4.69) is 38.2 Å². The highest BCUT2D eigenvalue weighted by Gasteiger charge is 2.68. The van der Waals surface area contributed by atoms with Gasteiger partial charge in [0, 0.05) is 36.8 Å². The number of benzene rings is 1. The molecule has 3 N–H and O–H groups in total. The molecule has 0 spiro atoms. The average molecular weight is 678 g/mol. The number of fused-ring (bicyclic) bond motifs is 5. The van der Waals surface area contributed by atoms with Crippen molar-refractivity contribution < 1.29 is 38.9 Å². The lowest BCUT2D eigenvalue weighted by Gasteiger charge is -2.60. The number of Topliss-reactive ketones (excluding diaryl/α,β-unsaturated/α-hetero) is 1. The first kappa shape index (κ1) is 35.9. The van der Waals surface area contributed by atoms with E-state index in [0.29, 0.717) is 26.0 Å². The van der Waals surface area contributed by atoms with Crippen LogP contribution in [-0.2, 0) is 34.1 Å². The zero-order valence-electron chi connectivity index (χ0n) is 29.7. The lowest BCUT2D eigenvalue weighted by molar-refractivity contribution is -0.184. The van der Waals surface area contributed by atoms with Crippen LogP contribution in [-0.4, -0.2) is 70.7 Å². The van der Waals surface area contributed by atoms with E-state index in [1.807, 2.05) is 25.1 Å². The number of ketones is 2. The second kappa shape index (κ2) is 13.3. The fourth-order valence-corrected chi connectivity index (χ4v) is 11.1. The van der Waals surface area contributed by atoms with Crippen molar-refractivity contribution in [2.45, 2.75) is 127 Å². The Bertz CT molecular complexity index is 1490. The summed E-state index contributed by atoms with van der Waals surface area (Å²) in [5.41, 5.74) is -0.833. The summed E-state index contributed by atoms with van der Waals surface area (Å²) in [7, 11) is 0. The predicted molar refractivity (Wildman–Crippen MR) is 183 cm³/mol. The zero-order valence-corrected chi connectivity index (χ0v) is 29.7. The Balaban J connectivity index is 0.999. The molecule has 1 heterocycles. The summed E-state index contributed by atoms with van der Waals surface area (Å²) in [6.07, 6.45) is 7.32. The molecule has 9 nitrogen and oxygen atoms in total. The van der Waals surface area contributed by atoms with Crippen molar-refractivity contribution in [2.24, 2.45) is 28.6 Å². The van der Waals surface area contributed by atoms with Gasteiger partial charge in [0.05, 0.1) is 18.1 Å². The highest BCUT2D eigenvalue weighted by Crippen LogP contribution is 2.67. The fourth-order valence-electron chi connectivity index (χ4n) is 11.1. The maximum Gasteiger partial charge on any atom is 0.306 e. The summed E-state index contributed by atoms with van der Waals surface area (Å²) < 4.78 is 11.3. The first-order chi connectivity index (χ1) is 23.1. The third-order valence-corrected chi connectivity index (χ3v) is 13.6. The fraction of sp³-hybridized carbons (Fsp3) is 0.700. The largest absolute Gasteiger partial charge is 0.458 e. The Morgan fingerprint density at radius 1 is 1.00 bits per heavy atom. The minimum Gasteiger partial charge on any atom is -0.458 e. The number of aliphatic hydroxyl groups is 2. The topological polar surface area (TPSA) is 139 Å². The summed E-state index contributed by atoms with van der Waals surface area (Å²) in [6, 6.07) is 10.4. The lowest BCUT2D eigenvalue weighted by atomic mass is 9.45. The molecule has 1 aromatic carbocycles. The summed E-state index contributed by atoms with van der Waals surface area (Å²) in [5.74, 6) is -1.15. The molecule has 9 heteroatoms. The second-order valence-electron chi connectivity index (χ2n) is 16.8. The monoisotopic (exact) mass is 677 g/mol. The summed E-state index contributed by atoms with van der Waals surface area (Å²) in [4.78, 5) is 51.2. The molecule has 0 unspecified atom stereocenters. The molecular formula is C40H55NO8. The molecule has 6 rings (SSSR count). The van der Waals surface area contributed by atoms with Gasteiger partial charge in [-0.05, 0) is 106 Å². The van der Waals surface area contributed by atoms with Crippen LogP contribution >= 0.6 is 0 Å². The van der Waals surface area contributed by atoms with Crippen molar-refractivity contribution in [1.82, 2.24) is 5.32 Å². The number of aliphatic hydroxyl groups excluding tert-OH is 1. The minimum absolute atomic E-state index is 0.0208. The molecule has 3 saturated carbocycles. The van der Waals surface area contributed by atoms with Gasteiger partial charge in [-0.25, -0.2) is 0 Å². The molecular weight excluding hydrogens is 622 g/mol. The molecule has 0 aromatic heterocycles. The highest BCUT2D eigenvalue weighted by atomic mass is 16.5. The number of nitrogens with one attached hydrogen (secondary N) is 1. The van der Waals surface area contributed by atoms with Crippen LogP contribution in [0.25, 0.3) is 0 Å². The first-order valence-electron chi connectivity index (χ1n) is 18.4. The number of rotatable bonds is 10. The van der Waals surface area contributed by atoms with Gasteiger partial charge in [-0.15, -0.1) is 0 Å². The summed E-state index contributed by atoms with van der Waals surface area (Å²) >= 11 is 0. The number of hydrogen-bond donors (Lipinski definition) is 3. The molecule has 1 saturated heterocycles. The number of carbonyl (C=O) groups is 4. The summed E-state index contributed by atoms with van der Waals surface area (Å²) in [5, 5.41) is 26.5. The Labute approximate surface area is 290 Å². The van der Waals surface area contributed by atoms with Gasteiger partial charge in [-0.2, -0.15) is 0 Å². The van der Waals surface area contributed by atoms with E-state index in [0.717, 1.165) is 44.1 Å². The van der Waals surface area contributed by atoms with Crippen LogP contribution in [0.2, 0.25) is 0 Å².